The van der Waals surface area contributed by atoms with Gasteiger partial charge in [0.2, 0.25) is 0 Å². The van der Waals surface area contributed by atoms with Gasteiger partial charge in [0.05, 0.1) is 0 Å². The Balaban J connectivity index is 1.78. The molecule has 0 aromatic carbocycles. The average Bonchev–Trinajstić information content (AvgIpc) is 2.65. The van der Waals surface area contributed by atoms with Crippen LogP contribution in [0.2, 0.25) is 0 Å². The SMILES string of the molecule is ClC1CCCCC(CCc2ccsc2)C1. The first-order chi connectivity index (χ1) is 7.34. The maximum absolute atomic E-state index is 6.28. The highest BCUT2D eigenvalue weighted by Crippen LogP contribution is 2.29. The van der Waals surface area contributed by atoms with Gasteiger partial charge >= 0.3 is 0 Å². The van der Waals surface area contributed by atoms with Gasteiger partial charge in [0.1, 0.15) is 0 Å². The van der Waals surface area contributed by atoms with E-state index in [9.17, 15) is 0 Å². The summed E-state index contributed by atoms with van der Waals surface area (Å²) in [5.41, 5.74) is 1.51. The zero-order valence-corrected chi connectivity index (χ0v) is 10.7. The van der Waals surface area contributed by atoms with Crippen LogP contribution in [0.1, 0.15) is 44.1 Å². The second-order valence-electron chi connectivity index (χ2n) is 4.65. The third-order valence-electron chi connectivity index (χ3n) is 3.39. The fourth-order valence-corrected chi connectivity index (χ4v) is 3.57. The van der Waals surface area contributed by atoms with Gasteiger partial charge in [0.25, 0.3) is 0 Å². The van der Waals surface area contributed by atoms with Crippen LogP contribution in [0, 0.1) is 5.92 Å². The van der Waals surface area contributed by atoms with Gasteiger partial charge in [0, 0.05) is 5.38 Å². The Bertz CT molecular complexity index is 268. The maximum atomic E-state index is 6.28. The zero-order valence-electron chi connectivity index (χ0n) is 9.12. The molecule has 0 radical (unpaired) electrons. The van der Waals surface area contributed by atoms with Crippen molar-refractivity contribution in [2.45, 2.75) is 50.3 Å². The quantitative estimate of drug-likeness (QED) is 0.524. The molecule has 1 fully saturated rings. The molecule has 2 unspecified atom stereocenters. The number of aryl methyl sites for hydroxylation is 1. The molecule has 1 aliphatic carbocycles. The highest BCUT2D eigenvalue weighted by molar-refractivity contribution is 7.07. The number of thiophene rings is 1. The van der Waals surface area contributed by atoms with E-state index in [1.54, 1.807) is 11.3 Å². The molecule has 1 saturated carbocycles. The monoisotopic (exact) mass is 242 g/mol. The van der Waals surface area contributed by atoms with Gasteiger partial charge in [-0.3, -0.25) is 0 Å². The first-order valence-corrected chi connectivity index (χ1v) is 7.37. The minimum atomic E-state index is 0.444. The highest BCUT2D eigenvalue weighted by Gasteiger charge is 2.18. The molecule has 2 heteroatoms. The van der Waals surface area contributed by atoms with E-state index in [-0.39, 0.29) is 0 Å². The molecule has 0 aliphatic heterocycles. The van der Waals surface area contributed by atoms with Gasteiger partial charge in [-0.25, -0.2) is 0 Å². The van der Waals surface area contributed by atoms with E-state index >= 15 is 0 Å². The van der Waals surface area contributed by atoms with Crippen LogP contribution in [-0.4, -0.2) is 5.38 Å². The molecule has 0 N–H and O–H groups in total. The molecule has 2 rings (SSSR count). The third-order valence-corrected chi connectivity index (χ3v) is 4.52. The standard InChI is InChI=1S/C13H19ClS/c14-13-4-2-1-3-11(9-13)5-6-12-7-8-15-10-12/h7-8,10-11,13H,1-6,9H2. The Morgan fingerprint density at radius 1 is 1.33 bits per heavy atom. The van der Waals surface area contributed by atoms with Gasteiger partial charge in [-0.05, 0) is 54.0 Å². The third kappa shape index (κ3) is 3.81. The van der Waals surface area contributed by atoms with Crippen LogP contribution < -0.4 is 0 Å². The number of alkyl halides is 1. The second-order valence-corrected chi connectivity index (χ2v) is 6.05. The van der Waals surface area contributed by atoms with Crippen molar-refractivity contribution in [2.75, 3.05) is 0 Å². The van der Waals surface area contributed by atoms with Crippen LogP contribution in [0.5, 0.6) is 0 Å². The number of rotatable bonds is 3. The van der Waals surface area contributed by atoms with Gasteiger partial charge in [-0.1, -0.05) is 19.3 Å². The molecule has 84 valence electrons. The molecular formula is C13H19ClS. The lowest BCUT2D eigenvalue weighted by molar-refractivity contribution is 0.431. The van der Waals surface area contributed by atoms with Crippen molar-refractivity contribution < 1.29 is 0 Å². The lowest BCUT2D eigenvalue weighted by Gasteiger charge is -2.15. The van der Waals surface area contributed by atoms with Gasteiger partial charge in [-0.2, -0.15) is 11.3 Å². The summed E-state index contributed by atoms with van der Waals surface area (Å²) in [7, 11) is 0. The van der Waals surface area contributed by atoms with Crippen LogP contribution in [0.4, 0.5) is 0 Å². The van der Waals surface area contributed by atoms with E-state index in [2.05, 4.69) is 16.8 Å². The first kappa shape index (κ1) is 11.5. The van der Waals surface area contributed by atoms with E-state index in [0.29, 0.717) is 5.38 Å². The Labute approximate surface area is 102 Å². The number of halogens is 1. The summed E-state index contributed by atoms with van der Waals surface area (Å²) in [4.78, 5) is 0. The minimum absolute atomic E-state index is 0.444. The smallest absolute Gasteiger partial charge is 0.0338 e. The number of hydrogen-bond donors (Lipinski definition) is 0. The Hall–Kier alpha value is -0.0100. The van der Waals surface area contributed by atoms with Crippen LogP contribution in [0.15, 0.2) is 16.8 Å². The molecule has 0 nitrogen and oxygen atoms in total. The summed E-state index contributed by atoms with van der Waals surface area (Å²) < 4.78 is 0. The van der Waals surface area contributed by atoms with Crippen molar-refractivity contribution in [3.8, 4) is 0 Å². The Morgan fingerprint density at radius 2 is 2.20 bits per heavy atom. The highest BCUT2D eigenvalue weighted by atomic mass is 35.5. The lowest BCUT2D eigenvalue weighted by Crippen LogP contribution is -2.06. The molecule has 0 spiro atoms. The molecule has 1 aliphatic rings. The predicted molar refractivity (Wildman–Crippen MR) is 68.9 cm³/mol. The largest absolute Gasteiger partial charge is 0.152 e. The van der Waals surface area contributed by atoms with Gasteiger partial charge < -0.3 is 0 Å². The van der Waals surface area contributed by atoms with Crippen molar-refractivity contribution in [1.29, 1.82) is 0 Å². The number of hydrogen-bond acceptors (Lipinski definition) is 1. The van der Waals surface area contributed by atoms with Gasteiger partial charge in [0.15, 0.2) is 0 Å². The lowest BCUT2D eigenvalue weighted by atomic mass is 9.93. The first-order valence-electron chi connectivity index (χ1n) is 6.00. The van der Waals surface area contributed by atoms with E-state index in [1.807, 2.05) is 0 Å². The molecular weight excluding hydrogens is 224 g/mol. The predicted octanol–water partition coefficient (Wildman–Crippen LogP) is 4.87. The summed E-state index contributed by atoms with van der Waals surface area (Å²) >= 11 is 8.08. The second kappa shape index (κ2) is 5.91. The minimum Gasteiger partial charge on any atom is -0.152 e. The van der Waals surface area contributed by atoms with Crippen molar-refractivity contribution >= 4 is 22.9 Å². The summed E-state index contributed by atoms with van der Waals surface area (Å²) in [6.45, 7) is 0. The van der Waals surface area contributed by atoms with Crippen LogP contribution in [0.25, 0.3) is 0 Å². The summed E-state index contributed by atoms with van der Waals surface area (Å²) in [5, 5.41) is 4.89. The van der Waals surface area contributed by atoms with Crippen LogP contribution >= 0.6 is 22.9 Å². The van der Waals surface area contributed by atoms with Crippen molar-refractivity contribution in [3.05, 3.63) is 22.4 Å². The van der Waals surface area contributed by atoms with Crippen molar-refractivity contribution in [1.82, 2.24) is 0 Å². The molecule has 15 heavy (non-hydrogen) atoms. The molecule has 0 amide bonds. The van der Waals surface area contributed by atoms with Crippen molar-refractivity contribution in [2.24, 2.45) is 5.92 Å². The molecule has 1 aromatic rings. The summed E-state index contributed by atoms with van der Waals surface area (Å²) in [6.07, 6.45) is 9.17. The summed E-state index contributed by atoms with van der Waals surface area (Å²) in [6, 6.07) is 2.25. The Morgan fingerprint density at radius 3 is 3.00 bits per heavy atom. The molecule has 0 saturated heterocycles. The molecule has 1 heterocycles. The fraction of sp³-hybridized carbons (Fsp3) is 0.692. The van der Waals surface area contributed by atoms with Crippen molar-refractivity contribution in [3.63, 3.8) is 0 Å². The van der Waals surface area contributed by atoms with E-state index < -0.39 is 0 Å². The Kier molecular flexibility index (Phi) is 4.52. The molecule has 2 atom stereocenters. The van der Waals surface area contributed by atoms with E-state index in [4.69, 9.17) is 11.6 Å². The maximum Gasteiger partial charge on any atom is 0.0338 e. The van der Waals surface area contributed by atoms with E-state index in [0.717, 1.165) is 5.92 Å². The van der Waals surface area contributed by atoms with Gasteiger partial charge in [-0.15, -0.1) is 11.6 Å². The normalized spacial score (nSPS) is 27.5. The molecule has 0 bridgehead atoms. The van der Waals surface area contributed by atoms with E-state index in [1.165, 1.54) is 50.5 Å². The van der Waals surface area contributed by atoms with Crippen LogP contribution in [0.3, 0.4) is 0 Å². The summed E-state index contributed by atoms with van der Waals surface area (Å²) in [5.74, 6) is 0.870. The average molecular weight is 243 g/mol. The van der Waals surface area contributed by atoms with Crippen LogP contribution in [-0.2, 0) is 6.42 Å². The fourth-order valence-electron chi connectivity index (χ4n) is 2.46. The molecule has 1 aromatic heterocycles. The zero-order chi connectivity index (χ0) is 10.5. The topological polar surface area (TPSA) is 0 Å².